The van der Waals surface area contributed by atoms with Gasteiger partial charge >= 0.3 is 6.09 Å². The van der Waals surface area contributed by atoms with E-state index in [0.29, 0.717) is 12.1 Å². The van der Waals surface area contributed by atoms with Crippen LogP contribution in [0.1, 0.15) is 31.9 Å². The number of β-lactam (4-membered cyclic amide) rings is 1. The van der Waals surface area contributed by atoms with Gasteiger partial charge in [0.2, 0.25) is 17.7 Å². The van der Waals surface area contributed by atoms with Crippen LogP contribution in [0, 0.1) is 5.92 Å². The van der Waals surface area contributed by atoms with E-state index in [1.807, 2.05) is 28.8 Å². The molecular weight excluding hydrogens is 550 g/mol. The normalized spacial score (nSPS) is 16.8. The SMILES string of the molecule is COc1ccc(CNC(=O)Oc2cc(C[C@H]3C(=O)N([Si](C)(C)C(C)(C)C)[C@@H]3C(=O)N(C)c3ccncc3)ccn2)cc1. The van der Waals surface area contributed by atoms with Crippen LogP contribution in [0.15, 0.2) is 67.1 Å². The summed E-state index contributed by atoms with van der Waals surface area (Å²) in [6.45, 7) is 10.9. The lowest BCUT2D eigenvalue weighted by atomic mass is 9.84. The zero-order valence-corrected chi connectivity index (χ0v) is 26.2. The second-order valence-electron chi connectivity index (χ2n) is 12.0. The van der Waals surface area contributed by atoms with Gasteiger partial charge in [-0.2, -0.15) is 0 Å². The number of carbonyl (C=O) groups is 3. The van der Waals surface area contributed by atoms with E-state index < -0.39 is 26.3 Å². The first-order valence-electron chi connectivity index (χ1n) is 13.9. The average molecular weight is 590 g/mol. The number of nitrogens with zero attached hydrogens (tertiary/aromatic N) is 4. The highest BCUT2D eigenvalue weighted by atomic mass is 28.3. The molecule has 10 nitrogen and oxygen atoms in total. The van der Waals surface area contributed by atoms with Crippen molar-refractivity contribution in [2.75, 3.05) is 19.1 Å². The van der Waals surface area contributed by atoms with Crippen LogP contribution < -0.4 is 19.7 Å². The molecule has 3 heterocycles. The van der Waals surface area contributed by atoms with E-state index in [1.165, 1.54) is 6.20 Å². The second kappa shape index (κ2) is 12.3. The molecule has 1 aliphatic rings. The Morgan fingerprint density at radius 2 is 1.69 bits per heavy atom. The first-order valence-corrected chi connectivity index (χ1v) is 16.8. The van der Waals surface area contributed by atoms with Crippen LogP contribution in [0.2, 0.25) is 18.1 Å². The molecule has 11 heteroatoms. The third-order valence-corrected chi connectivity index (χ3v) is 13.7. The Morgan fingerprint density at radius 3 is 2.31 bits per heavy atom. The fourth-order valence-electron chi connectivity index (χ4n) is 4.84. The highest BCUT2D eigenvalue weighted by Crippen LogP contribution is 2.46. The highest BCUT2D eigenvalue weighted by molar-refractivity contribution is 6.80. The molecule has 1 fully saturated rings. The van der Waals surface area contributed by atoms with E-state index in [0.717, 1.165) is 16.9 Å². The van der Waals surface area contributed by atoms with Crippen LogP contribution >= 0.6 is 0 Å². The lowest BCUT2D eigenvalue weighted by Gasteiger charge is -2.58. The Morgan fingerprint density at radius 1 is 1.02 bits per heavy atom. The van der Waals surface area contributed by atoms with Gasteiger partial charge in [-0.15, -0.1) is 0 Å². The van der Waals surface area contributed by atoms with Crippen molar-refractivity contribution < 1.29 is 23.9 Å². The predicted octanol–water partition coefficient (Wildman–Crippen LogP) is 4.81. The topological polar surface area (TPSA) is 114 Å². The van der Waals surface area contributed by atoms with E-state index in [-0.39, 0.29) is 29.3 Å². The fraction of sp³-hybridized carbons (Fsp3) is 0.387. The Labute approximate surface area is 248 Å². The van der Waals surface area contributed by atoms with E-state index in [4.69, 9.17) is 9.47 Å². The van der Waals surface area contributed by atoms with Gasteiger partial charge in [0.1, 0.15) is 11.8 Å². The molecule has 222 valence electrons. The lowest BCUT2D eigenvalue weighted by Crippen LogP contribution is -2.76. The molecule has 2 atom stereocenters. The Bertz CT molecular complexity index is 1430. The molecule has 0 saturated carbocycles. The van der Waals surface area contributed by atoms with Gasteiger partial charge in [0.15, 0.2) is 8.24 Å². The van der Waals surface area contributed by atoms with Gasteiger partial charge in [-0.05, 0) is 52.9 Å². The maximum absolute atomic E-state index is 13.9. The van der Waals surface area contributed by atoms with Gasteiger partial charge < -0.3 is 24.3 Å². The molecule has 1 saturated heterocycles. The smallest absolute Gasteiger partial charge is 0.414 e. The summed E-state index contributed by atoms with van der Waals surface area (Å²) < 4.78 is 12.4. The predicted molar refractivity (Wildman–Crippen MR) is 163 cm³/mol. The van der Waals surface area contributed by atoms with Crippen LogP contribution in [-0.4, -0.2) is 60.9 Å². The van der Waals surface area contributed by atoms with Crippen molar-refractivity contribution in [1.29, 1.82) is 0 Å². The van der Waals surface area contributed by atoms with Crippen LogP contribution in [-0.2, 0) is 22.6 Å². The fourth-order valence-corrected chi connectivity index (χ4v) is 7.27. The highest BCUT2D eigenvalue weighted by Gasteiger charge is 2.60. The summed E-state index contributed by atoms with van der Waals surface area (Å²) >= 11 is 0. The summed E-state index contributed by atoms with van der Waals surface area (Å²) in [6, 6.07) is 13.7. The van der Waals surface area contributed by atoms with Gasteiger partial charge in [-0.25, -0.2) is 9.78 Å². The van der Waals surface area contributed by atoms with E-state index in [9.17, 15) is 14.4 Å². The van der Waals surface area contributed by atoms with E-state index in [1.54, 1.807) is 55.7 Å². The molecule has 1 aromatic carbocycles. The molecule has 1 aliphatic heterocycles. The summed E-state index contributed by atoms with van der Waals surface area (Å²) in [5.74, 6) is 0.130. The lowest BCUT2D eigenvalue weighted by molar-refractivity contribution is -0.154. The second-order valence-corrected chi connectivity index (χ2v) is 17.1. The molecule has 3 aromatic rings. The summed E-state index contributed by atoms with van der Waals surface area (Å²) in [5, 5.41) is 2.57. The molecule has 1 N–H and O–H groups in total. The molecule has 0 bridgehead atoms. The third-order valence-electron chi connectivity index (χ3n) is 8.33. The van der Waals surface area contributed by atoms with Crippen LogP contribution in [0.5, 0.6) is 11.6 Å². The molecule has 0 radical (unpaired) electrons. The summed E-state index contributed by atoms with van der Waals surface area (Å²) in [6.07, 6.45) is 4.48. The standard InChI is InChI=1S/C31H39N5O5Si/c1-31(2,3)42(6,7)36-27(29(38)35(4)23-13-15-32-16-14-23)25(28(36)37)18-22-12-17-33-26(19-22)41-30(39)34-20-21-8-10-24(40-5)11-9-21/h8-17,19,25,27H,18,20H2,1-7H3,(H,34,39)/t25-,27+/m1/s1. The monoisotopic (exact) mass is 589 g/mol. The number of hydrogen-bond acceptors (Lipinski definition) is 7. The minimum atomic E-state index is -2.36. The maximum Gasteiger partial charge on any atom is 0.414 e. The number of hydrogen-bond donors (Lipinski definition) is 1. The maximum atomic E-state index is 13.9. The van der Waals surface area contributed by atoms with Crippen LogP contribution in [0.3, 0.4) is 0 Å². The van der Waals surface area contributed by atoms with Gasteiger partial charge in [-0.3, -0.25) is 14.6 Å². The van der Waals surface area contributed by atoms with Gasteiger partial charge in [0.25, 0.3) is 0 Å². The largest absolute Gasteiger partial charge is 0.497 e. The quantitative estimate of drug-likeness (QED) is 0.281. The molecule has 0 aliphatic carbocycles. The molecule has 2 aromatic heterocycles. The number of amides is 3. The minimum Gasteiger partial charge on any atom is -0.497 e. The summed E-state index contributed by atoms with van der Waals surface area (Å²) in [5.41, 5.74) is 2.35. The Balaban J connectivity index is 1.49. The van der Waals surface area contributed by atoms with Crippen molar-refractivity contribution in [1.82, 2.24) is 19.9 Å². The van der Waals surface area contributed by atoms with Gasteiger partial charge in [-0.1, -0.05) is 46.0 Å². The number of carbonyl (C=O) groups excluding carboxylic acids is 3. The number of anilines is 1. The zero-order valence-electron chi connectivity index (χ0n) is 25.2. The van der Waals surface area contributed by atoms with E-state index >= 15 is 0 Å². The average Bonchev–Trinajstić information content (AvgIpc) is 2.96. The van der Waals surface area contributed by atoms with Crippen molar-refractivity contribution in [3.05, 3.63) is 78.2 Å². The number of aromatic nitrogens is 2. The number of methoxy groups -OCH3 is 1. The zero-order chi connectivity index (χ0) is 30.7. The third kappa shape index (κ3) is 6.46. The van der Waals surface area contributed by atoms with Crippen molar-refractivity contribution >= 4 is 31.8 Å². The number of likely N-dealkylation sites (N-methyl/N-ethyl adjacent to an activating group) is 1. The van der Waals surface area contributed by atoms with Crippen LogP contribution in [0.4, 0.5) is 10.5 Å². The first kappa shape index (κ1) is 30.7. The molecular formula is C31H39N5O5Si. The van der Waals surface area contributed by atoms with Crippen molar-refractivity contribution in [2.24, 2.45) is 5.92 Å². The molecule has 42 heavy (non-hydrogen) atoms. The molecule has 0 unspecified atom stereocenters. The van der Waals surface area contributed by atoms with E-state index in [2.05, 4.69) is 49.1 Å². The number of ether oxygens (including phenoxy) is 2. The van der Waals surface area contributed by atoms with Crippen molar-refractivity contribution in [2.45, 2.75) is 57.9 Å². The van der Waals surface area contributed by atoms with Crippen molar-refractivity contribution in [3.63, 3.8) is 0 Å². The Hall–Kier alpha value is -4.25. The van der Waals surface area contributed by atoms with Crippen molar-refractivity contribution in [3.8, 4) is 11.6 Å². The Kier molecular flexibility index (Phi) is 9.00. The minimum absolute atomic E-state index is 0.0282. The van der Waals surface area contributed by atoms with Gasteiger partial charge in [0.05, 0.1) is 13.0 Å². The first-order chi connectivity index (χ1) is 19.8. The number of benzene rings is 1. The summed E-state index contributed by atoms with van der Waals surface area (Å²) in [4.78, 5) is 49.9. The van der Waals surface area contributed by atoms with Gasteiger partial charge in [0, 0.05) is 43.9 Å². The summed E-state index contributed by atoms with van der Waals surface area (Å²) in [7, 11) is 0.955. The molecule has 3 amide bonds. The molecule has 0 spiro atoms. The number of rotatable bonds is 9. The van der Waals surface area contributed by atoms with Crippen LogP contribution in [0.25, 0.3) is 0 Å². The number of nitrogens with one attached hydrogen (secondary N) is 1. The number of pyridine rings is 2. The molecule has 4 rings (SSSR count).